The van der Waals surface area contributed by atoms with E-state index in [0.717, 1.165) is 36.7 Å². The van der Waals surface area contributed by atoms with Crippen molar-refractivity contribution in [2.24, 2.45) is 5.84 Å². The lowest BCUT2D eigenvalue weighted by Crippen LogP contribution is -2.29. The molecule has 2 aromatic rings. The van der Waals surface area contributed by atoms with Crippen molar-refractivity contribution in [2.75, 3.05) is 0 Å². The Morgan fingerprint density at radius 2 is 2.15 bits per heavy atom. The summed E-state index contributed by atoms with van der Waals surface area (Å²) in [7, 11) is 0. The van der Waals surface area contributed by atoms with Gasteiger partial charge < -0.3 is 4.57 Å². The summed E-state index contributed by atoms with van der Waals surface area (Å²) in [4.78, 5) is 11.0. The Hall–Kier alpha value is -2.32. The maximum atomic E-state index is 11.0. The number of carbonyl (C=O) groups is 1. The number of fused-ring (bicyclic) bond motifs is 1. The number of benzene rings is 1. The lowest BCUT2D eigenvalue weighted by atomic mass is 10.1. The van der Waals surface area contributed by atoms with Gasteiger partial charge in [0.05, 0.1) is 11.6 Å². The van der Waals surface area contributed by atoms with Gasteiger partial charge in [-0.1, -0.05) is 12.5 Å². The molecule has 1 heterocycles. The van der Waals surface area contributed by atoms with Gasteiger partial charge in [-0.25, -0.2) is 5.84 Å². The van der Waals surface area contributed by atoms with Crippen LogP contribution >= 0.6 is 0 Å². The fourth-order valence-corrected chi connectivity index (χ4v) is 2.27. The van der Waals surface area contributed by atoms with Crippen LogP contribution in [0.2, 0.25) is 0 Å². The molecule has 0 saturated heterocycles. The van der Waals surface area contributed by atoms with Crippen LogP contribution in [-0.4, -0.2) is 10.5 Å². The third-order valence-corrected chi connectivity index (χ3v) is 3.37. The summed E-state index contributed by atoms with van der Waals surface area (Å²) >= 11 is 0. The molecular weight excluding hydrogens is 252 g/mol. The SMILES string of the molecule is N#Cc1ccc2ccn(CCCCCC(=O)NN)c2c1. The second kappa shape index (κ2) is 6.73. The summed E-state index contributed by atoms with van der Waals surface area (Å²) in [5.74, 6) is 4.91. The van der Waals surface area contributed by atoms with E-state index in [-0.39, 0.29) is 5.91 Å². The van der Waals surface area contributed by atoms with Crippen LogP contribution in [0, 0.1) is 11.3 Å². The predicted octanol–water partition coefficient (Wildman–Crippen LogP) is 2.06. The van der Waals surface area contributed by atoms with E-state index < -0.39 is 0 Å². The molecule has 1 aromatic heterocycles. The Balaban J connectivity index is 1.90. The van der Waals surface area contributed by atoms with Crippen molar-refractivity contribution in [3.8, 4) is 6.07 Å². The average Bonchev–Trinajstić information content (AvgIpc) is 2.88. The van der Waals surface area contributed by atoms with E-state index in [1.807, 2.05) is 24.4 Å². The molecule has 0 radical (unpaired) electrons. The van der Waals surface area contributed by atoms with Crippen LogP contribution in [-0.2, 0) is 11.3 Å². The van der Waals surface area contributed by atoms with Gasteiger partial charge in [0.25, 0.3) is 0 Å². The number of nitrogens with two attached hydrogens (primary N) is 1. The maximum absolute atomic E-state index is 11.0. The van der Waals surface area contributed by atoms with E-state index in [1.54, 1.807) is 0 Å². The van der Waals surface area contributed by atoms with Crippen molar-refractivity contribution >= 4 is 16.8 Å². The van der Waals surface area contributed by atoms with Gasteiger partial charge in [0, 0.05) is 24.7 Å². The Kier molecular flexibility index (Phi) is 4.75. The predicted molar refractivity (Wildman–Crippen MR) is 77.5 cm³/mol. The highest BCUT2D eigenvalue weighted by Crippen LogP contribution is 2.18. The van der Waals surface area contributed by atoms with Gasteiger partial charge >= 0.3 is 0 Å². The fourth-order valence-electron chi connectivity index (χ4n) is 2.27. The first-order valence-corrected chi connectivity index (χ1v) is 6.73. The molecule has 0 spiro atoms. The zero-order valence-corrected chi connectivity index (χ0v) is 11.3. The van der Waals surface area contributed by atoms with Crippen LogP contribution < -0.4 is 11.3 Å². The number of nitriles is 1. The molecule has 104 valence electrons. The molecule has 1 aromatic carbocycles. The zero-order valence-electron chi connectivity index (χ0n) is 11.3. The van der Waals surface area contributed by atoms with Crippen molar-refractivity contribution in [1.29, 1.82) is 5.26 Å². The number of nitrogens with zero attached hydrogens (tertiary/aromatic N) is 2. The molecule has 0 unspecified atom stereocenters. The van der Waals surface area contributed by atoms with E-state index in [2.05, 4.69) is 22.1 Å². The molecule has 0 atom stereocenters. The molecule has 2 rings (SSSR count). The molecule has 0 fully saturated rings. The van der Waals surface area contributed by atoms with Crippen molar-refractivity contribution in [1.82, 2.24) is 9.99 Å². The molecule has 0 aliphatic carbocycles. The number of unbranched alkanes of at least 4 members (excludes halogenated alkanes) is 2. The smallest absolute Gasteiger partial charge is 0.233 e. The summed E-state index contributed by atoms with van der Waals surface area (Å²) in [5.41, 5.74) is 3.90. The van der Waals surface area contributed by atoms with Gasteiger partial charge in [0.15, 0.2) is 0 Å². The summed E-state index contributed by atoms with van der Waals surface area (Å²) in [6, 6.07) is 9.93. The largest absolute Gasteiger partial charge is 0.347 e. The van der Waals surface area contributed by atoms with Gasteiger partial charge in [0.1, 0.15) is 0 Å². The number of carbonyl (C=O) groups excluding carboxylic acids is 1. The molecule has 5 nitrogen and oxygen atoms in total. The van der Waals surface area contributed by atoms with E-state index in [4.69, 9.17) is 11.1 Å². The summed E-state index contributed by atoms with van der Waals surface area (Å²) in [6.45, 7) is 0.891. The Morgan fingerprint density at radius 1 is 1.30 bits per heavy atom. The Bertz CT molecular complexity index is 639. The molecule has 0 aliphatic rings. The number of aryl methyl sites for hydroxylation is 1. The standard InChI is InChI=1S/C15H18N4O/c16-11-12-5-6-13-7-9-19(14(13)10-12)8-3-1-2-4-15(20)18-17/h5-7,9-10H,1-4,8,17H2,(H,18,20). The van der Waals surface area contributed by atoms with Gasteiger partial charge in [0.2, 0.25) is 5.91 Å². The quantitative estimate of drug-likeness (QED) is 0.365. The first kappa shape index (κ1) is 14.1. The van der Waals surface area contributed by atoms with Gasteiger partial charge in [-0.3, -0.25) is 10.2 Å². The highest BCUT2D eigenvalue weighted by atomic mass is 16.2. The van der Waals surface area contributed by atoms with Crippen molar-refractivity contribution in [2.45, 2.75) is 32.2 Å². The monoisotopic (exact) mass is 270 g/mol. The fraction of sp³-hybridized carbons (Fsp3) is 0.333. The molecule has 20 heavy (non-hydrogen) atoms. The minimum Gasteiger partial charge on any atom is -0.347 e. The van der Waals surface area contributed by atoms with Crippen molar-refractivity contribution in [3.05, 3.63) is 36.0 Å². The van der Waals surface area contributed by atoms with E-state index in [9.17, 15) is 4.79 Å². The van der Waals surface area contributed by atoms with Gasteiger partial charge in [-0.2, -0.15) is 5.26 Å². The number of hydrogen-bond acceptors (Lipinski definition) is 3. The number of rotatable bonds is 6. The Morgan fingerprint density at radius 3 is 2.90 bits per heavy atom. The van der Waals surface area contributed by atoms with E-state index in [1.165, 1.54) is 0 Å². The molecule has 0 saturated carbocycles. The second-order valence-electron chi connectivity index (χ2n) is 4.77. The zero-order chi connectivity index (χ0) is 14.4. The average molecular weight is 270 g/mol. The van der Waals surface area contributed by atoms with Crippen LogP contribution in [0.5, 0.6) is 0 Å². The normalized spacial score (nSPS) is 10.4. The van der Waals surface area contributed by atoms with Crippen LogP contribution in [0.15, 0.2) is 30.5 Å². The molecule has 3 N–H and O–H groups in total. The highest BCUT2D eigenvalue weighted by Gasteiger charge is 2.03. The van der Waals surface area contributed by atoms with E-state index in [0.29, 0.717) is 12.0 Å². The van der Waals surface area contributed by atoms with Gasteiger partial charge in [-0.05, 0) is 36.4 Å². The van der Waals surface area contributed by atoms with Gasteiger partial charge in [-0.15, -0.1) is 0 Å². The molecular formula is C15H18N4O. The first-order valence-electron chi connectivity index (χ1n) is 6.73. The third-order valence-electron chi connectivity index (χ3n) is 3.37. The topological polar surface area (TPSA) is 83.8 Å². The lowest BCUT2D eigenvalue weighted by molar-refractivity contribution is -0.121. The highest BCUT2D eigenvalue weighted by molar-refractivity contribution is 5.81. The number of nitrogens with one attached hydrogen (secondary N) is 1. The summed E-state index contributed by atoms with van der Waals surface area (Å²) < 4.78 is 2.15. The van der Waals surface area contributed by atoms with Crippen LogP contribution in [0.4, 0.5) is 0 Å². The van der Waals surface area contributed by atoms with E-state index >= 15 is 0 Å². The first-order chi connectivity index (χ1) is 9.74. The third kappa shape index (κ3) is 3.37. The van der Waals surface area contributed by atoms with Crippen molar-refractivity contribution in [3.63, 3.8) is 0 Å². The van der Waals surface area contributed by atoms with Crippen molar-refractivity contribution < 1.29 is 4.79 Å². The number of hydrazine groups is 1. The number of amides is 1. The van der Waals surface area contributed by atoms with Crippen LogP contribution in [0.3, 0.4) is 0 Å². The molecule has 1 amide bonds. The minimum atomic E-state index is -0.116. The number of aromatic nitrogens is 1. The second-order valence-corrected chi connectivity index (χ2v) is 4.77. The minimum absolute atomic E-state index is 0.116. The molecule has 0 bridgehead atoms. The summed E-state index contributed by atoms with van der Waals surface area (Å²) in [5, 5.41) is 10.1. The molecule has 0 aliphatic heterocycles. The maximum Gasteiger partial charge on any atom is 0.233 e. The van der Waals surface area contributed by atoms with Crippen LogP contribution in [0.1, 0.15) is 31.2 Å². The number of hydrogen-bond donors (Lipinski definition) is 2. The summed E-state index contributed by atoms with van der Waals surface area (Å²) in [6.07, 6.45) is 5.33. The lowest BCUT2D eigenvalue weighted by Gasteiger charge is -2.05. The van der Waals surface area contributed by atoms with Crippen LogP contribution in [0.25, 0.3) is 10.9 Å². The molecule has 5 heteroatoms. The Labute approximate surface area is 118 Å².